The van der Waals surface area contributed by atoms with Crippen molar-refractivity contribution >= 4 is 15.9 Å². The number of piperidine rings is 1. The van der Waals surface area contributed by atoms with Crippen molar-refractivity contribution in [2.45, 2.75) is 50.1 Å². The monoisotopic (exact) mass is 416 g/mol. The fraction of sp³-hybridized carbons (Fsp3) is 0.409. The summed E-state index contributed by atoms with van der Waals surface area (Å²) >= 11 is 0. The number of ether oxygens (including phenoxy) is 1. The number of sulfonamides is 1. The molecule has 1 saturated heterocycles. The molecule has 1 aliphatic rings. The van der Waals surface area contributed by atoms with Gasteiger partial charge in [-0.2, -0.15) is 4.31 Å². The van der Waals surface area contributed by atoms with Gasteiger partial charge < -0.3 is 10.1 Å². The molecule has 0 radical (unpaired) electrons. The highest BCUT2D eigenvalue weighted by Crippen LogP contribution is 2.27. The molecule has 1 atom stereocenters. The normalized spacial score (nSPS) is 17.7. The van der Waals surface area contributed by atoms with Crippen LogP contribution in [-0.4, -0.2) is 38.3 Å². The van der Waals surface area contributed by atoms with E-state index in [4.69, 9.17) is 4.74 Å². The predicted octanol–water partition coefficient (Wildman–Crippen LogP) is 3.25. The fourth-order valence-corrected chi connectivity index (χ4v) is 5.36. The molecule has 7 heteroatoms. The number of aryl methyl sites for hydroxylation is 1. The van der Waals surface area contributed by atoms with E-state index < -0.39 is 10.0 Å². The van der Waals surface area contributed by atoms with Crippen molar-refractivity contribution in [3.63, 3.8) is 0 Å². The SMILES string of the molecule is COc1ccccc1CNC(=O)CC1CCCCN1S(=O)(=O)c1ccc(C)cc1. The first-order valence-corrected chi connectivity index (χ1v) is 11.3. The van der Waals surface area contributed by atoms with E-state index in [0.29, 0.717) is 25.3 Å². The number of hydrogen-bond acceptors (Lipinski definition) is 4. The number of nitrogens with one attached hydrogen (secondary N) is 1. The zero-order chi connectivity index (χ0) is 20.9. The minimum absolute atomic E-state index is 0.153. The Kier molecular flexibility index (Phi) is 6.92. The maximum absolute atomic E-state index is 13.1. The number of benzene rings is 2. The Morgan fingerprint density at radius 1 is 1.14 bits per heavy atom. The third-order valence-electron chi connectivity index (χ3n) is 5.29. The van der Waals surface area contributed by atoms with E-state index in [9.17, 15) is 13.2 Å². The lowest BCUT2D eigenvalue weighted by atomic mass is 10.0. The van der Waals surface area contributed by atoms with E-state index in [1.807, 2.05) is 31.2 Å². The smallest absolute Gasteiger partial charge is 0.243 e. The highest BCUT2D eigenvalue weighted by atomic mass is 32.2. The Labute approximate surface area is 172 Å². The van der Waals surface area contributed by atoms with Crippen LogP contribution < -0.4 is 10.1 Å². The summed E-state index contributed by atoms with van der Waals surface area (Å²) in [5, 5.41) is 2.90. The molecule has 1 unspecified atom stereocenters. The van der Waals surface area contributed by atoms with Crippen molar-refractivity contribution in [3.05, 3.63) is 59.7 Å². The molecule has 2 aromatic carbocycles. The molecule has 2 aromatic rings. The van der Waals surface area contributed by atoms with Gasteiger partial charge in [-0.3, -0.25) is 4.79 Å². The van der Waals surface area contributed by atoms with E-state index in [1.165, 1.54) is 4.31 Å². The van der Waals surface area contributed by atoms with Gasteiger partial charge in [0, 0.05) is 31.1 Å². The molecule has 1 N–H and O–H groups in total. The number of methoxy groups -OCH3 is 1. The van der Waals surface area contributed by atoms with Crippen LogP contribution >= 0.6 is 0 Å². The Hall–Kier alpha value is -2.38. The lowest BCUT2D eigenvalue weighted by Crippen LogP contribution is -2.45. The molecule has 0 bridgehead atoms. The maximum Gasteiger partial charge on any atom is 0.243 e. The van der Waals surface area contributed by atoms with Crippen LogP contribution in [0.15, 0.2) is 53.4 Å². The third kappa shape index (κ3) is 5.16. The summed E-state index contributed by atoms with van der Waals surface area (Å²) in [5.74, 6) is 0.556. The molecule has 1 fully saturated rings. The molecule has 1 heterocycles. The van der Waals surface area contributed by atoms with Crippen molar-refractivity contribution in [2.24, 2.45) is 0 Å². The minimum atomic E-state index is -3.62. The van der Waals surface area contributed by atoms with Crippen molar-refractivity contribution in [1.82, 2.24) is 9.62 Å². The zero-order valence-electron chi connectivity index (χ0n) is 16.9. The van der Waals surface area contributed by atoms with E-state index in [1.54, 1.807) is 31.4 Å². The Morgan fingerprint density at radius 2 is 1.86 bits per heavy atom. The summed E-state index contributed by atoms with van der Waals surface area (Å²) in [6.07, 6.45) is 2.57. The summed E-state index contributed by atoms with van der Waals surface area (Å²) in [4.78, 5) is 12.8. The van der Waals surface area contributed by atoms with E-state index in [0.717, 1.165) is 24.0 Å². The highest BCUT2D eigenvalue weighted by Gasteiger charge is 2.34. The second-order valence-corrected chi connectivity index (χ2v) is 9.26. The van der Waals surface area contributed by atoms with Crippen LogP contribution in [0, 0.1) is 6.92 Å². The van der Waals surface area contributed by atoms with E-state index >= 15 is 0 Å². The molecule has 1 aliphatic heterocycles. The molecule has 0 aliphatic carbocycles. The van der Waals surface area contributed by atoms with Gasteiger partial charge in [0.2, 0.25) is 15.9 Å². The van der Waals surface area contributed by atoms with Gasteiger partial charge in [-0.15, -0.1) is 0 Å². The van der Waals surface area contributed by atoms with Gasteiger partial charge in [0.25, 0.3) is 0 Å². The summed E-state index contributed by atoms with van der Waals surface area (Å²) < 4.78 is 33.1. The van der Waals surface area contributed by atoms with Crippen LogP contribution in [-0.2, 0) is 21.4 Å². The number of carbonyl (C=O) groups excluding carboxylic acids is 1. The molecule has 0 spiro atoms. The molecule has 0 aromatic heterocycles. The number of nitrogens with zero attached hydrogens (tertiary/aromatic N) is 1. The van der Waals surface area contributed by atoms with E-state index in [-0.39, 0.29) is 23.3 Å². The number of hydrogen-bond donors (Lipinski definition) is 1. The summed E-state index contributed by atoms with van der Waals surface area (Å²) in [6, 6.07) is 14.0. The second kappa shape index (κ2) is 9.41. The predicted molar refractivity (Wildman–Crippen MR) is 112 cm³/mol. The fourth-order valence-electron chi connectivity index (χ4n) is 3.67. The van der Waals surface area contributed by atoms with Gasteiger partial charge in [0.15, 0.2) is 0 Å². The van der Waals surface area contributed by atoms with Gasteiger partial charge in [0.05, 0.1) is 12.0 Å². The first kappa shape index (κ1) is 21.3. The number of amides is 1. The van der Waals surface area contributed by atoms with Crippen molar-refractivity contribution in [1.29, 1.82) is 0 Å². The van der Waals surface area contributed by atoms with Gasteiger partial charge in [-0.25, -0.2) is 8.42 Å². The van der Waals surface area contributed by atoms with Crippen LogP contribution in [0.3, 0.4) is 0 Å². The number of para-hydroxylation sites is 1. The van der Waals surface area contributed by atoms with E-state index in [2.05, 4.69) is 5.32 Å². The average Bonchev–Trinajstić information content (AvgIpc) is 2.73. The van der Waals surface area contributed by atoms with Crippen LogP contribution in [0.2, 0.25) is 0 Å². The molecule has 3 rings (SSSR count). The molecular weight excluding hydrogens is 388 g/mol. The molecule has 156 valence electrons. The molecular formula is C22H28N2O4S. The quantitative estimate of drug-likeness (QED) is 0.752. The maximum atomic E-state index is 13.1. The minimum Gasteiger partial charge on any atom is -0.496 e. The number of carbonyl (C=O) groups is 1. The zero-order valence-corrected chi connectivity index (χ0v) is 17.7. The summed E-state index contributed by atoms with van der Waals surface area (Å²) in [6.45, 7) is 2.72. The van der Waals surface area contributed by atoms with Crippen molar-refractivity contribution in [3.8, 4) is 5.75 Å². The Bertz CT molecular complexity index is 942. The molecule has 6 nitrogen and oxygen atoms in total. The van der Waals surface area contributed by atoms with Crippen LogP contribution in [0.4, 0.5) is 0 Å². The molecule has 0 saturated carbocycles. The topological polar surface area (TPSA) is 75.7 Å². The lowest BCUT2D eigenvalue weighted by molar-refractivity contribution is -0.122. The third-order valence-corrected chi connectivity index (χ3v) is 7.26. The molecule has 29 heavy (non-hydrogen) atoms. The Balaban J connectivity index is 1.68. The van der Waals surface area contributed by atoms with Crippen molar-refractivity contribution in [2.75, 3.05) is 13.7 Å². The summed E-state index contributed by atoms with van der Waals surface area (Å²) in [5.41, 5.74) is 1.89. The first-order chi connectivity index (χ1) is 13.9. The van der Waals surface area contributed by atoms with Crippen LogP contribution in [0.25, 0.3) is 0 Å². The van der Waals surface area contributed by atoms with Gasteiger partial charge >= 0.3 is 0 Å². The van der Waals surface area contributed by atoms with Gasteiger partial charge in [-0.05, 0) is 38.0 Å². The highest BCUT2D eigenvalue weighted by molar-refractivity contribution is 7.89. The lowest BCUT2D eigenvalue weighted by Gasteiger charge is -2.34. The van der Waals surface area contributed by atoms with Crippen LogP contribution in [0.1, 0.15) is 36.8 Å². The van der Waals surface area contributed by atoms with Crippen molar-refractivity contribution < 1.29 is 17.9 Å². The average molecular weight is 417 g/mol. The van der Waals surface area contributed by atoms with Gasteiger partial charge in [-0.1, -0.05) is 42.3 Å². The molecule has 1 amide bonds. The summed E-state index contributed by atoms with van der Waals surface area (Å²) in [7, 11) is -2.02. The largest absolute Gasteiger partial charge is 0.496 e. The van der Waals surface area contributed by atoms with Gasteiger partial charge in [0.1, 0.15) is 5.75 Å². The Morgan fingerprint density at radius 3 is 2.59 bits per heavy atom. The van der Waals surface area contributed by atoms with Crippen LogP contribution in [0.5, 0.6) is 5.75 Å². The number of rotatable bonds is 7. The first-order valence-electron chi connectivity index (χ1n) is 9.89. The second-order valence-electron chi connectivity index (χ2n) is 7.37. The standard InChI is InChI=1S/C22H28N2O4S/c1-17-10-12-20(13-11-17)29(26,27)24-14-6-5-8-19(24)15-22(25)23-16-18-7-3-4-9-21(18)28-2/h3-4,7,9-13,19H,5-6,8,14-16H2,1-2H3,(H,23,25).